The van der Waals surface area contributed by atoms with Crippen molar-refractivity contribution in [2.75, 3.05) is 39.4 Å². The van der Waals surface area contributed by atoms with E-state index < -0.39 is 0 Å². The van der Waals surface area contributed by atoms with Crippen LogP contribution in [0.4, 0.5) is 4.79 Å². The van der Waals surface area contributed by atoms with E-state index in [9.17, 15) is 4.79 Å². The molecule has 3 aromatic carbocycles. The van der Waals surface area contributed by atoms with Crippen LogP contribution in [-0.2, 0) is 17.8 Å². The minimum Gasteiger partial charge on any atom is -0.492 e. The number of benzene rings is 3. The predicted molar refractivity (Wildman–Crippen MR) is 144 cm³/mol. The van der Waals surface area contributed by atoms with E-state index in [-0.39, 0.29) is 12.1 Å². The molecule has 2 heterocycles. The maximum absolute atomic E-state index is 12.9. The number of rotatable bonds is 9. The molecule has 2 aliphatic heterocycles. The molecule has 6 heteroatoms. The molecule has 0 spiro atoms. The zero-order valence-electron chi connectivity index (χ0n) is 21.6. The van der Waals surface area contributed by atoms with Crippen LogP contribution in [0.15, 0.2) is 72.8 Å². The standard InChI is InChI=1S/C31H36N2O4/c1-2-35-31(34)33-19-16-26-22-28(37-23-24-8-4-3-5-9-24)14-15-29(26)30(33)25-10-12-27(13-11-25)36-21-20-32-17-6-7-18-32/h3-5,8-15,22,30H,2,6-7,16-21,23H2,1H3. The van der Waals surface area contributed by atoms with Crippen LogP contribution in [0.5, 0.6) is 11.5 Å². The van der Waals surface area contributed by atoms with Crippen molar-refractivity contribution < 1.29 is 19.0 Å². The summed E-state index contributed by atoms with van der Waals surface area (Å²) in [6.07, 6.45) is 3.04. The van der Waals surface area contributed by atoms with Gasteiger partial charge in [-0.1, -0.05) is 48.5 Å². The van der Waals surface area contributed by atoms with Gasteiger partial charge in [-0.25, -0.2) is 4.79 Å². The van der Waals surface area contributed by atoms with Crippen LogP contribution >= 0.6 is 0 Å². The second-order valence-electron chi connectivity index (χ2n) is 9.65. The van der Waals surface area contributed by atoms with Gasteiger partial charge in [-0.3, -0.25) is 9.80 Å². The summed E-state index contributed by atoms with van der Waals surface area (Å²) >= 11 is 0. The average Bonchev–Trinajstić information content (AvgIpc) is 3.46. The predicted octanol–water partition coefficient (Wildman–Crippen LogP) is 5.84. The summed E-state index contributed by atoms with van der Waals surface area (Å²) < 4.78 is 17.5. The molecule has 1 saturated heterocycles. The molecule has 1 unspecified atom stereocenters. The minimum atomic E-state index is -0.284. The van der Waals surface area contributed by atoms with Crippen molar-refractivity contribution in [2.24, 2.45) is 0 Å². The van der Waals surface area contributed by atoms with Crippen molar-refractivity contribution in [3.8, 4) is 11.5 Å². The van der Waals surface area contributed by atoms with Crippen molar-refractivity contribution in [2.45, 2.75) is 38.8 Å². The third-order valence-electron chi connectivity index (χ3n) is 7.16. The molecular formula is C31H36N2O4. The summed E-state index contributed by atoms with van der Waals surface area (Å²) in [5, 5.41) is 0. The number of ether oxygens (including phenoxy) is 3. The topological polar surface area (TPSA) is 51.2 Å². The smallest absolute Gasteiger partial charge is 0.410 e. The molecule has 37 heavy (non-hydrogen) atoms. The first-order valence-electron chi connectivity index (χ1n) is 13.4. The van der Waals surface area contributed by atoms with Gasteiger partial charge in [0.1, 0.15) is 24.7 Å². The van der Waals surface area contributed by atoms with Crippen molar-refractivity contribution in [3.05, 3.63) is 95.1 Å². The lowest BCUT2D eigenvalue weighted by Gasteiger charge is -2.37. The largest absolute Gasteiger partial charge is 0.492 e. The highest BCUT2D eigenvalue weighted by molar-refractivity contribution is 5.70. The Morgan fingerprint density at radius 2 is 1.65 bits per heavy atom. The van der Waals surface area contributed by atoms with E-state index in [1.807, 2.05) is 48.2 Å². The van der Waals surface area contributed by atoms with Crippen LogP contribution in [-0.4, -0.2) is 55.3 Å². The summed E-state index contributed by atoms with van der Waals surface area (Å²) in [6, 6.07) is 24.3. The molecule has 1 amide bonds. The SMILES string of the molecule is CCOC(=O)N1CCc2cc(OCc3ccccc3)ccc2C1c1ccc(OCCN2CCCC2)cc1. The van der Waals surface area contributed by atoms with Gasteiger partial charge in [0.2, 0.25) is 0 Å². The molecule has 1 atom stereocenters. The van der Waals surface area contributed by atoms with Gasteiger partial charge >= 0.3 is 6.09 Å². The Morgan fingerprint density at radius 3 is 2.41 bits per heavy atom. The first-order chi connectivity index (χ1) is 18.2. The quantitative estimate of drug-likeness (QED) is 0.369. The summed E-state index contributed by atoms with van der Waals surface area (Å²) in [5.74, 6) is 1.69. The lowest BCUT2D eigenvalue weighted by atomic mass is 9.88. The molecule has 194 valence electrons. The molecule has 2 aliphatic rings. The zero-order valence-corrected chi connectivity index (χ0v) is 21.6. The van der Waals surface area contributed by atoms with E-state index in [2.05, 4.69) is 41.3 Å². The Labute approximate surface area is 219 Å². The number of amides is 1. The molecule has 6 nitrogen and oxygen atoms in total. The summed E-state index contributed by atoms with van der Waals surface area (Å²) in [6.45, 7) is 7.30. The van der Waals surface area contributed by atoms with E-state index in [4.69, 9.17) is 14.2 Å². The molecule has 3 aromatic rings. The number of nitrogens with zero attached hydrogens (tertiary/aromatic N) is 2. The highest BCUT2D eigenvalue weighted by atomic mass is 16.6. The molecule has 0 N–H and O–H groups in total. The van der Waals surface area contributed by atoms with Crippen molar-refractivity contribution in [3.63, 3.8) is 0 Å². The van der Waals surface area contributed by atoms with Gasteiger partial charge < -0.3 is 14.2 Å². The Bertz CT molecular complexity index is 1160. The maximum Gasteiger partial charge on any atom is 0.410 e. The van der Waals surface area contributed by atoms with Gasteiger partial charge in [0.05, 0.1) is 12.6 Å². The van der Waals surface area contributed by atoms with Crippen molar-refractivity contribution >= 4 is 6.09 Å². The van der Waals surface area contributed by atoms with Gasteiger partial charge in [0.25, 0.3) is 0 Å². The highest BCUT2D eigenvalue weighted by Crippen LogP contribution is 2.38. The van der Waals surface area contributed by atoms with Gasteiger partial charge in [-0.2, -0.15) is 0 Å². The van der Waals surface area contributed by atoms with Crippen LogP contribution in [0.25, 0.3) is 0 Å². The van der Waals surface area contributed by atoms with Crippen molar-refractivity contribution in [1.29, 1.82) is 0 Å². The summed E-state index contributed by atoms with van der Waals surface area (Å²) in [7, 11) is 0. The number of fused-ring (bicyclic) bond motifs is 1. The number of hydrogen-bond donors (Lipinski definition) is 0. The Morgan fingerprint density at radius 1 is 0.892 bits per heavy atom. The monoisotopic (exact) mass is 500 g/mol. The second kappa shape index (κ2) is 12.2. The fraction of sp³-hybridized carbons (Fsp3) is 0.387. The van der Waals surface area contributed by atoms with Crippen LogP contribution in [0, 0.1) is 0 Å². The van der Waals surface area contributed by atoms with Gasteiger partial charge in [-0.15, -0.1) is 0 Å². The third-order valence-corrected chi connectivity index (χ3v) is 7.16. The molecular weight excluding hydrogens is 464 g/mol. The number of likely N-dealkylation sites (tertiary alicyclic amines) is 1. The van der Waals surface area contributed by atoms with E-state index >= 15 is 0 Å². The normalized spacial score (nSPS) is 17.3. The van der Waals surface area contributed by atoms with Gasteiger partial charge in [-0.05, 0) is 85.8 Å². The van der Waals surface area contributed by atoms with E-state index in [0.717, 1.165) is 41.2 Å². The molecule has 0 aromatic heterocycles. The van der Waals surface area contributed by atoms with E-state index in [1.54, 1.807) is 0 Å². The lowest BCUT2D eigenvalue weighted by Crippen LogP contribution is -2.41. The summed E-state index contributed by atoms with van der Waals surface area (Å²) in [5.41, 5.74) is 4.48. The second-order valence-corrected chi connectivity index (χ2v) is 9.65. The van der Waals surface area contributed by atoms with Crippen molar-refractivity contribution in [1.82, 2.24) is 9.80 Å². The Kier molecular flexibility index (Phi) is 8.26. The zero-order chi connectivity index (χ0) is 25.5. The van der Waals surface area contributed by atoms with Crippen LogP contribution in [0.1, 0.15) is 48.1 Å². The number of hydrogen-bond acceptors (Lipinski definition) is 5. The molecule has 5 rings (SSSR count). The summed E-state index contributed by atoms with van der Waals surface area (Å²) in [4.78, 5) is 17.2. The van der Waals surface area contributed by atoms with Crippen LogP contribution in [0.2, 0.25) is 0 Å². The molecule has 0 saturated carbocycles. The fourth-order valence-electron chi connectivity index (χ4n) is 5.24. The Balaban J connectivity index is 1.32. The van der Waals surface area contributed by atoms with Gasteiger partial charge in [0.15, 0.2) is 0 Å². The van der Waals surface area contributed by atoms with Gasteiger partial charge in [0, 0.05) is 13.1 Å². The number of carbonyl (C=O) groups excluding carboxylic acids is 1. The van der Waals surface area contributed by atoms with E-state index in [0.29, 0.717) is 26.4 Å². The van der Waals surface area contributed by atoms with E-state index in [1.165, 1.54) is 31.5 Å². The molecule has 1 fully saturated rings. The molecule has 0 bridgehead atoms. The Hall–Kier alpha value is -3.51. The number of carbonyl (C=O) groups is 1. The lowest BCUT2D eigenvalue weighted by molar-refractivity contribution is 0.0937. The highest BCUT2D eigenvalue weighted by Gasteiger charge is 2.33. The minimum absolute atomic E-state index is 0.218. The maximum atomic E-state index is 12.9. The third kappa shape index (κ3) is 6.25. The average molecular weight is 501 g/mol. The van der Waals surface area contributed by atoms with Crippen LogP contribution < -0.4 is 9.47 Å². The molecule has 0 aliphatic carbocycles. The first kappa shape index (κ1) is 25.2. The van der Waals surface area contributed by atoms with Crippen LogP contribution in [0.3, 0.4) is 0 Å². The fourth-order valence-corrected chi connectivity index (χ4v) is 5.24. The molecule has 0 radical (unpaired) electrons. The first-order valence-corrected chi connectivity index (χ1v) is 13.4.